The number of carboxylic acid groups (broad SMARTS) is 1. The van der Waals surface area contributed by atoms with Crippen LogP contribution >= 0.6 is 0 Å². The average molecular weight is 277 g/mol. The molecule has 0 saturated heterocycles. The van der Waals surface area contributed by atoms with Gasteiger partial charge in [-0.3, -0.25) is 14.5 Å². The van der Waals surface area contributed by atoms with Crippen molar-refractivity contribution in [2.45, 2.75) is 13.3 Å². The van der Waals surface area contributed by atoms with E-state index >= 15 is 0 Å². The summed E-state index contributed by atoms with van der Waals surface area (Å²) in [6.07, 6.45) is 0.561. The monoisotopic (exact) mass is 277 g/mol. The summed E-state index contributed by atoms with van der Waals surface area (Å²) in [5, 5.41) is 8.91. The number of benzene rings is 1. The molecule has 6 heteroatoms. The summed E-state index contributed by atoms with van der Waals surface area (Å²) in [7, 11) is 0. The Morgan fingerprint density at radius 1 is 1.25 bits per heavy atom. The highest BCUT2D eigenvalue weighted by Gasteiger charge is 2.35. The third-order valence-electron chi connectivity index (χ3n) is 3.09. The summed E-state index contributed by atoms with van der Waals surface area (Å²) >= 11 is 0. The molecule has 1 N–H and O–H groups in total. The standard InChI is InChI=1S/C14H15NO5/c1-2-20-7-3-6-15-12(16)10-5-4-9(14(18)19)8-11(10)13(15)17/h4-5,8H,2-3,6-7H2,1H3,(H,18,19). The number of carbonyl (C=O) groups is 3. The molecule has 0 unspecified atom stereocenters. The van der Waals surface area contributed by atoms with E-state index in [1.165, 1.54) is 18.2 Å². The Labute approximate surface area is 115 Å². The van der Waals surface area contributed by atoms with Crippen molar-refractivity contribution in [2.75, 3.05) is 19.8 Å². The molecular weight excluding hydrogens is 262 g/mol. The van der Waals surface area contributed by atoms with Gasteiger partial charge in [0.1, 0.15) is 0 Å². The van der Waals surface area contributed by atoms with Gasteiger partial charge in [-0.05, 0) is 31.5 Å². The van der Waals surface area contributed by atoms with E-state index in [1.54, 1.807) is 0 Å². The highest BCUT2D eigenvalue weighted by Crippen LogP contribution is 2.24. The molecule has 106 valence electrons. The first-order valence-corrected chi connectivity index (χ1v) is 6.37. The predicted octanol–water partition coefficient (Wildman–Crippen LogP) is 1.41. The molecule has 0 atom stereocenters. The maximum Gasteiger partial charge on any atom is 0.335 e. The predicted molar refractivity (Wildman–Crippen MR) is 69.9 cm³/mol. The molecule has 1 aromatic carbocycles. The van der Waals surface area contributed by atoms with E-state index < -0.39 is 11.9 Å². The number of rotatable bonds is 6. The van der Waals surface area contributed by atoms with Crippen molar-refractivity contribution in [3.63, 3.8) is 0 Å². The van der Waals surface area contributed by atoms with Crippen molar-refractivity contribution in [1.82, 2.24) is 4.90 Å². The Kier molecular flexibility index (Phi) is 4.14. The molecule has 1 aliphatic heterocycles. The maximum absolute atomic E-state index is 12.1. The smallest absolute Gasteiger partial charge is 0.335 e. The van der Waals surface area contributed by atoms with Gasteiger partial charge in [0.2, 0.25) is 0 Å². The fourth-order valence-corrected chi connectivity index (χ4v) is 2.10. The van der Waals surface area contributed by atoms with Crippen LogP contribution in [-0.2, 0) is 4.74 Å². The SMILES string of the molecule is CCOCCCN1C(=O)c2ccc(C(=O)O)cc2C1=O. The number of nitrogens with zero attached hydrogens (tertiary/aromatic N) is 1. The number of aromatic carboxylic acids is 1. The van der Waals surface area contributed by atoms with E-state index in [1.807, 2.05) is 6.92 Å². The number of carboxylic acids is 1. The molecule has 1 aliphatic rings. The largest absolute Gasteiger partial charge is 0.478 e. The fourth-order valence-electron chi connectivity index (χ4n) is 2.10. The number of amides is 2. The van der Waals surface area contributed by atoms with Crippen molar-refractivity contribution in [2.24, 2.45) is 0 Å². The Morgan fingerprint density at radius 3 is 2.60 bits per heavy atom. The Bertz CT molecular complexity index is 567. The third-order valence-corrected chi connectivity index (χ3v) is 3.09. The Morgan fingerprint density at radius 2 is 1.95 bits per heavy atom. The van der Waals surface area contributed by atoms with E-state index in [0.29, 0.717) is 19.6 Å². The highest BCUT2D eigenvalue weighted by atomic mass is 16.5. The Hall–Kier alpha value is -2.21. The van der Waals surface area contributed by atoms with Crippen LogP contribution in [0.25, 0.3) is 0 Å². The zero-order valence-corrected chi connectivity index (χ0v) is 11.1. The summed E-state index contributed by atoms with van der Waals surface area (Å²) in [4.78, 5) is 36.2. The zero-order chi connectivity index (χ0) is 14.7. The van der Waals surface area contributed by atoms with E-state index in [4.69, 9.17) is 9.84 Å². The van der Waals surface area contributed by atoms with Crippen LogP contribution in [0.15, 0.2) is 18.2 Å². The van der Waals surface area contributed by atoms with Gasteiger partial charge in [-0.1, -0.05) is 0 Å². The van der Waals surface area contributed by atoms with Gasteiger partial charge in [0.05, 0.1) is 16.7 Å². The molecule has 0 aromatic heterocycles. The molecule has 0 fully saturated rings. The van der Waals surface area contributed by atoms with Crippen LogP contribution in [0.4, 0.5) is 0 Å². The first-order valence-electron chi connectivity index (χ1n) is 6.37. The first-order chi connectivity index (χ1) is 9.56. The van der Waals surface area contributed by atoms with Gasteiger partial charge in [-0.15, -0.1) is 0 Å². The molecular formula is C14H15NO5. The lowest BCUT2D eigenvalue weighted by Gasteiger charge is -2.13. The number of ether oxygens (including phenoxy) is 1. The lowest BCUT2D eigenvalue weighted by molar-refractivity contribution is 0.0629. The minimum Gasteiger partial charge on any atom is -0.478 e. The van der Waals surface area contributed by atoms with Crippen LogP contribution < -0.4 is 0 Å². The summed E-state index contributed by atoms with van der Waals surface area (Å²) in [5.41, 5.74) is 0.420. The molecule has 1 aromatic rings. The van der Waals surface area contributed by atoms with Crippen LogP contribution in [-0.4, -0.2) is 47.5 Å². The summed E-state index contributed by atoms with van der Waals surface area (Å²) in [6, 6.07) is 3.97. The normalized spacial score (nSPS) is 13.8. The van der Waals surface area contributed by atoms with Crippen LogP contribution in [0.3, 0.4) is 0 Å². The van der Waals surface area contributed by atoms with E-state index in [-0.39, 0.29) is 29.1 Å². The van der Waals surface area contributed by atoms with Crippen molar-refractivity contribution in [3.05, 3.63) is 34.9 Å². The lowest BCUT2D eigenvalue weighted by Crippen LogP contribution is -2.31. The zero-order valence-electron chi connectivity index (χ0n) is 11.1. The van der Waals surface area contributed by atoms with Gasteiger partial charge < -0.3 is 9.84 Å². The topological polar surface area (TPSA) is 83.9 Å². The van der Waals surface area contributed by atoms with Crippen LogP contribution in [0, 0.1) is 0 Å². The quantitative estimate of drug-likeness (QED) is 0.627. The van der Waals surface area contributed by atoms with Crippen molar-refractivity contribution < 1.29 is 24.2 Å². The number of carbonyl (C=O) groups excluding carboxylic acids is 2. The molecule has 2 amide bonds. The molecule has 0 radical (unpaired) electrons. The molecule has 0 spiro atoms. The van der Waals surface area contributed by atoms with Gasteiger partial charge >= 0.3 is 5.97 Å². The summed E-state index contributed by atoms with van der Waals surface area (Å²) < 4.78 is 5.16. The summed E-state index contributed by atoms with van der Waals surface area (Å²) in [5.74, 6) is -1.94. The van der Waals surface area contributed by atoms with Gasteiger partial charge in [-0.2, -0.15) is 0 Å². The number of imide groups is 1. The van der Waals surface area contributed by atoms with Gasteiger partial charge in [-0.25, -0.2) is 4.79 Å². The molecule has 0 bridgehead atoms. The average Bonchev–Trinajstić information content (AvgIpc) is 2.67. The third kappa shape index (κ3) is 2.55. The molecule has 0 aliphatic carbocycles. The van der Waals surface area contributed by atoms with E-state index in [2.05, 4.69) is 0 Å². The van der Waals surface area contributed by atoms with Crippen LogP contribution in [0.1, 0.15) is 44.4 Å². The van der Waals surface area contributed by atoms with Gasteiger partial charge in [0.25, 0.3) is 11.8 Å². The molecule has 6 nitrogen and oxygen atoms in total. The first kappa shape index (κ1) is 14.2. The minimum absolute atomic E-state index is 0.000987. The molecule has 20 heavy (non-hydrogen) atoms. The number of hydrogen-bond acceptors (Lipinski definition) is 4. The minimum atomic E-state index is -1.12. The second-order valence-corrected chi connectivity index (χ2v) is 4.38. The highest BCUT2D eigenvalue weighted by molar-refractivity contribution is 6.21. The Balaban J connectivity index is 2.15. The van der Waals surface area contributed by atoms with Gasteiger partial charge in [0, 0.05) is 19.8 Å². The second kappa shape index (κ2) is 5.83. The molecule has 2 rings (SSSR count). The second-order valence-electron chi connectivity index (χ2n) is 4.38. The van der Waals surface area contributed by atoms with Crippen LogP contribution in [0.5, 0.6) is 0 Å². The number of hydrogen-bond donors (Lipinski definition) is 1. The van der Waals surface area contributed by atoms with Crippen molar-refractivity contribution in [3.8, 4) is 0 Å². The van der Waals surface area contributed by atoms with E-state index in [9.17, 15) is 14.4 Å². The molecule has 1 heterocycles. The van der Waals surface area contributed by atoms with E-state index in [0.717, 1.165) is 4.90 Å². The molecule has 0 saturated carbocycles. The van der Waals surface area contributed by atoms with Crippen molar-refractivity contribution >= 4 is 17.8 Å². The van der Waals surface area contributed by atoms with Crippen molar-refractivity contribution in [1.29, 1.82) is 0 Å². The number of fused-ring (bicyclic) bond motifs is 1. The summed E-state index contributed by atoms with van der Waals surface area (Å²) in [6.45, 7) is 3.21. The maximum atomic E-state index is 12.1. The lowest BCUT2D eigenvalue weighted by atomic mass is 10.1. The van der Waals surface area contributed by atoms with Gasteiger partial charge in [0.15, 0.2) is 0 Å². The fraction of sp³-hybridized carbons (Fsp3) is 0.357. The van der Waals surface area contributed by atoms with Crippen LogP contribution in [0.2, 0.25) is 0 Å².